The van der Waals surface area contributed by atoms with Crippen molar-refractivity contribution in [3.05, 3.63) is 66.9 Å². The minimum atomic E-state index is 0.195. The molecular weight excluding hydrogens is 252 g/mol. The number of hydrogen-bond donors (Lipinski definition) is 0. The van der Waals surface area contributed by atoms with Gasteiger partial charge in [0.25, 0.3) is 0 Å². The standard InChI is InChI=1S/C21H28/c1-6-10-19-11-13-20(14-12-19)18(5)17-21(9-4,15-7-2)16-8-3/h9-14H,1,4-5,7-8,15-17H2,2-3H3. The topological polar surface area (TPSA) is 0 Å². The van der Waals surface area contributed by atoms with E-state index in [1.54, 1.807) is 0 Å². The summed E-state index contributed by atoms with van der Waals surface area (Å²) in [6, 6.07) is 8.45. The summed E-state index contributed by atoms with van der Waals surface area (Å²) in [5.41, 5.74) is 6.54. The lowest BCUT2D eigenvalue weighted by Crippen LogP contribution is -2.18. The number of rotatable bonds is 9. The molecule has 0 saturated carbocycles. The molecular formula is C21H28. The van der Waals surface area contributed by atoms with Crippen molar-refractivity contribution in [3.63, 3.8) is 0 Å². The molecule has 0 aliphatic carbocycles. The minimum Gasteiger partial charge on any atom is -0.128 e. The van der Waals surface area contributed by atoms with Crippen LogP contribution in [0.15, 0.2) is 55.8 Å². The Hall–Kier alpha value is -1.78. The summed E-state index contributed by atoms with van der Waals surface area (Å²) in [5.74, 6) is 0. The quantitative estimate of drug-likeness (QED) is 0.350. The number of hydrogen-bond acceptors (Lipinski definition) is 0. The molecule has 1 aromatic rings. The van der Waals surface area contributed by atoms with E-state index >= 15 is 0 Å². The Kier molecular flexibility index (Phi) is 6.99. The van der Waals surface area contributed by atoms with Crippen molar-refractivity contribution in [1.29, 1.82) is 0 Å². The second kappa shape index (κ2) is 8.49. The molecule has 0 spiro atoms. The molecule has 0 atom stereocenters. The van der Waals surface area contributed by atoms with Gasteiger partial charge in [0.2, 0.25) is 0 Å². The fourth-order valence-electron chi connectivity index (χ4n) is 3.03. The smallest absolute Gasteiger partial charge is 0.00807 e. The van der Waals surface area contributed by atoms with Crippen molar-refractivity contribution in [2.75, 3.05) is 0 Å². The predicted octanol–water partition coefficient (Wildman–Crippen LogP) is 6.66. The molecule has 0 saturated heterocycles. The minimum absolute atomic E-state index is 0.195. The Balaban J connectivity index is 2.90. The first-order valence-electron chi connectivity index (χ1n) is 7.88. The van der Waals surface area contributed by atoms with Gasteiger partial charge in [-0.3, -0.25) is 0 Å². The van der Waals surface area contributed by atoms with E-state index in [0.717, 1.165) is 12.0 Å². The van der Waals surface area contributed by atoms with E-state index in [2.05, 4.69) is 69.7 Å². The van der Waals surface area contributed by atoms with E-state index in [0.29, 0.717) is 0 Å². The molecule has 112 valence electrons. The Morgan fingerprint density at radius 1 is 1.14 bits per heavy atom. The van der Waals surface area contributed by atoms with E-state index < -0.39 is 0 Å². The summed E-state index contributed by atoms with van der Waals surface area (Å²) in [7, 11) is 0. The molecule has 21 heavy (non-hydrogen) atoms. The molecule has 1 rings (SSSR count). The van der Waals surface area contributed by atoms with Gasteiger partial charge in [-0.1, -0.05) is 70.2 Å². The van der Waals surface area contributed by atoms with E-state index in [9.17, 15) is 0 Å². The van der Waals surface area contributed by atoms with Gasteiger partial charge in [0.1, 0.15) is 0 Å². The Labute approximate surface area is 130 Å². The normalized spacial score (nSPS) is 10.8. The van der Waals surface area contributed by atoms with Crippen LogP contribution < -0.4 is 0 Å². The number of allylic oxidation sites excluding steroid dienone is 2. The molecule has 0 unspecified atom stereocenters. The summed E-state index contributed by atoms with van der Waals surface area (Å²) in [6.45, 7) is 16.5. The van der Waals surface area contributed by atoms with Crippen molar-refractivity contribution in [3.8, 4) is 0 Å². The zero-order valence-electron chi connectivity index (χ0n) is 13.6. The summed E-state index contributed by atoms with van der Waals surface area (Å²) in [6.07, 6.45) is 9.76. The van der Waals surface area contributed by atoms with Crippen LogP contribution in [-0.4, -0.2) is 0 Å². The van der Waals surface area contributed by atoms with E-state index in [1.165, 1.54) is 36.8 Å². The van der Waals surface area contributed by atoms with Crippen LogP contribution in [0.2, 0.25) is 0 Å². The first kappa shape index (κ1) is 17.3. The molecule has 0 radical (unpaired) electrons. The summed E-state index contributed by atoms with van der Waals surface area (Å²) in [4.78, 5) is 0. The number of benzene rings is 1. The lowest BCUT2D eigenvalue weighted by atomic mass is 9.74. The third-order valence-corrected chi connectivity index (χ3v) is 4.08. The highest BCUT2D eigenvalue weighted by atomic mass is 14.3. The maximum atomic E-state index is 4.31. The first-order chi connectivity index (χ1) is 10.1. The molecule has 1 aromatic carbocycles. The molecule has 0 aliphatic rings. The second-order valence-electron chi connectivity index (χ2n) is 5.82. The van der Waals surface area contributed by atoms with Crippen LogP contribution in [0, 0.1) is 5.41 Å². The zero-order valence-corrected chi connectivity index (χ0v) is 13.6. The van der Waals surface area contributed by atoms with Crippen molar-refractivity contribution >= 4 is 11.6 Å². The van der Waals surface area contributed by atoms with Crippen LogP contribution >= 0.6 is 0 Å². The Bertz CT molecular complexity index is 503. The highest BCUT2D eigenvalue weighted by Gasteiger charge is 2.25. The lowest BCUT2D eigenvalue weighted by Gasteiger charge is -2.31. The van der Waals surface area contributed by atoms with Gasteiger partial charge in [0, 0.05) is 0 Å². The average molecular weight is 280 g/mol. The monoisotopic (exact) mass is 280 g/mol. The summed E-state index contributed by atoms with van der Waals surface area (Å²) >= 11 is 0. The van der Waals surface area contributed by atoms with Crippen LogP contribution in [0.25, 0.3) is 11.6 Å². The molecule has 0 aromatic heterocycles. The Morgan fingerprint density at radius 2 is 1.71 bits per heavy atom. The molecule has 0 aliphatic heterocycles. The zero-order chi connectivity index (χ0) is 15.7. The fourth-order valence-corrected chi connectivity index (χ4v) is 3.03. The second-order valence-corrected chi connectivity index (χ2v) is 5.82. The van der Waals surface area contributed by atoms with E-state index in [1.807, 2.05) is 6.08 Å². The van der Waals surface area contributed by atoms with Crippen LogP contribution in [0.4, 0.5) is 0 Å². The van der Waals surface area contributed by atoms with Gasteiger partial charge < -0.3 is 0 Å². The average Bonchev–Trinajstić information content (AvgIpc) is 2.48. The lowest BCUT2D eigenvalue weighted by molar-refractivity contribution is 0.325. The van der Waals surface area contributed by atoms with Crippen molar-refractivity contribution in [2.45, 2.75) is 46.0 Å². The van der Waals surface area contributed by atoms with Crippen molar-refractivity contribution in [1.82, 2.24) is 0 Å². The van der Waals surface area contributed by atoms with Gasteiger partial charge in [-0.05, 0) is 47.5 Å². The van der Waals surface area contributed by atoms with Crippen molar-refractivity contribution in [2.24, 2.45) is 5.41 Å². The molecule has 0 heterocycles. The van der Waals surface area contributed by atoms with Crippen LogP contribution in [0.5, 0.6) is 0 Å². The highest BCUT2D eigenvalue weighted by molar-refractivity contribution is 5.65. The third kappa shape index (κ3) is 4.92. The SMILES string of the molecule is C=C=Cc1ccc(C(=C)CC(C=C)(CCC)CCC)cc1. The van der Waals surface area contributed by atoms with E-state index in [-0.39, 0.29) is 5.41 Å². The molecule has 0 bridgehead atoms. The van der Waals surface area contributed by atoms with Crippen LogP contribution in [0.1, 0.15) is 57.1 Å². The predicted molar refractivity (Wildman–Crippen MR) is 96.1 cm³/mol. The van der Waals surface area contributed by atoms with E-state index in [4.69, 9.17) is 0 Å². The molecule has 0 nitrogen and oxygen atoms in total. The molecule has 0 fully saturated rings. The molecule has 0 amide bonds. The maximum absolute atomic E-state index is 4.31. The van der Waals surface area contributed by atoms with Gasteiger partial charge in [0.05, 0.1) is 0 Å². The third-order valence-electron chi connectivity index (χ3n) is 4.08. The fraction of sp³-hybridized carbons (Fsp3) is 0.381. The van der Waals surface area contributed by atoms with Crippen molar-refractivity contribution < 1.29 is 0 Å². The van der Waals surface area contributed by atoms with Gasteiger partial charge in [-0.15, -0.1) is 12.3 Å². The summed E-state index contributed by atoms with van der Waals surface area (Å²) in [5, 5.41) is 0. The van der Waals surface area contributed by atoms with Crippen LogP contribution in [-0.2, 0) is 0 Å². The van der Waals surface area contributed by atoms with Gasteiger partial charge >= 0.3 is 0 Å². The maximum Gasteiger partial charge on any atom is -0.00807 e. The molecule has 0 N–H and O–H groups in total. The van der Waals surface area contributed by atoms with Gasteiger partial charge in [0.15, 0.2) is 0 Å². The largest absolute Gasteiger partial charge is 0.128 e. The highest BCUT2D eigenvalue weighted by Crippen LogP contribution is 2.39. The first-order valence-corrected chi connectivity index (χ1v) is 7.88. The van der Waals surface area contributed by atoms with Gasteiger partial charge in [-0.2, -0.15) is 0 Å². The Morgan fingerprint density at radius 3 is 2.14 bits per heavy atom. The van der Waals surface area contributed by atoms with Crippen LogP contribution in [0.3, 0.4) is 0 Å². The van der Waals surface area contributed by atoms with Gasteiger partial charge in [-0.25, -0.2) is 0 Å². The molecule has 0 heteroatoms. The summed E-state index contributed by atoms with van der Waals surface area (Å²) < 4.78 is 0.